The highest BCUT2D eigenvalue weighted by Crippen LogP contribution is 2.36. The molecule has 0 bridgehead atoms. The molecule has 2 atom stereocenters. The number of amides is 1. The summed E-state index contributed by atoms with van der Waals surface area (Å²) in [4.78, 5) is 24.2. The summed E-state index contributed by atoms with van der Waals surface area (Å²) in [5.41, 5.74) is -0.653. The van der Waals surface area contributed by atoms with Crippen LogP contribution in [0.15, 0.2) is 24.3 Å². The summed E-state index contributed by atoms with van der Waals surface area (Å²) in [5.74, 6) is -0.601. The van der Waals surface area contributed by atoms with Gasteiger partial charge in [-0.25, -0.2) is 9.18 Å². The molecule has 1 saturated heterocycles. The second-order valence-corrected chi connectivity index (χ2v) is 8.21. The summed E-state index contributed by atoms with van der Waals surface area (Å²) in [6, 6.07) is 5.69. The highest BCUT2D eigenvalue weighted by molar-refractivity contribution is 5.73. The third kappa shape index (κ3) is 5.19. The van der Waals surface area contributed by atoms with E-state index in [1.54, 1.807) is 32.9 Å². The van der Waals surface area contributed by atoms with E-state index in [1.807, 2.05) is 13.8 Å². The van der Waals surface area contributed by atoms with Crippen molar-refractivity contribution in [3.05, 3.63) is 35.6 Å². The lowest BCUT2D eigenvalue weighted by molar-refractivity contribution is -0.151. The van der Waals surface area contributed by atoms with E-state index >= 15 is 0 Å². The fourth-order valence-electron chi connectivity index (χ4n) is 3.38. The highest BCUT2D eigenvalue weighted by atomic mass is 19.1. The van der Waals surface area contributed by atoms with Gasteiger partial charge in [0.15, 0.2) is 0 Å². The maximum absolute atomic E-state index is 13.2. The van der Waals surface area contributed by atoms with Gasteiger partial charge in [-0.1, -0.05) is 26.0 Å². The van der Waals surface area contributed by atoms with Gasteiger partial charge in [0.2, 0.25) is 0 Å². The van der Waals surface area contributed by atoms with Gasteiger partial charge in [0.05, 0.1) is 6.04 Å². The Morgan fingerprint density at radius 3 is 2.38 bits per heavy atom. The van der Waals surface area contributed by atoms with Gasteiger partial charge in [-0.05, 0) is 44.4 Å². The van der Waals surface area contributed by atoms with E-state index in [2.05, 4.69) is 5.32 Å². The van der Waals surface area contributed by atoms with Crippen molar-refractivity contribution in [2.75, 3.05) is 0 Å². The van der Waals surface area contributed by atoms with Crippen LogP contribution < -0.4 is 5.32 Å². The van der Waals surface area contributed by atoms with Crippen LogP contribution in [0.5, 0.6) is 0 Å². The highest BCUT2D eigenvalue weighted by Gasteiger charge is 2.49. The van der Waals surface area contributed by atoms with Crippen molar-refractivity contribution < 1.29 is 23.5 Å². The largest absolute Gasteiger partial charge is 0.456 e. The molecular formula is C20H28FNO4. The molecule has 1 aromatic rings. The van der Waals surface area contributed by atoms with E-state index in [0.717, 1.165) is 5.56 Å². The zero-order chi connectivity index (χ0) is 19.5. The Balaban J connectivity index is 2.27. The molecule has 6 heteroatoms. The van der Waals surface area contributed by atoms with Crippen molar-refractivity contribution in [3.8, 4) is 0 Å². The Bertz CT molecular complexity index is 651. The number of nitrogens with one attached hydrogen (secondary N) is 1. The van der Waals surface area contributed by atoms with Gasteiger partial charge in [0.1, 0.15) is 17.0 Å². The molecule has 0 aromatic heterocycles. The van der Waals surface area contributed by atoms with E-state index in [1.165, 1.54) is 12.1 Å². The fourth-order valence-corrected chi connectivity index (χ4v) is 3.38. The molecule has 1 aliphatic heterocycles. The van der Waals surface area contributed by atoms with Crippen LogP contribution >= 0.6 is 0 Å². The van der Waals surface area contributed by atoms with Crippen molar-refractivity contribution in [2.45, 2.75) is 71.1 Å². The number of cyclic esters (lactones) is 1. The van der Waals surface area contributed by atoms with Crippen LogP contribution in [-0.2, 0) is 20.7 Å². The van der Waals surface area contributed by atoms with Crippen LogP contribution in [-0.4, -0.2) is 29.3 Å². The normalized spacial score (nSPS) is 21.4. The molecule has 1 amide bonds. The molecule has 5 nitrogen and oxygen atoms in total. The number of carbonyl (C=O) groups is 2. The maximum Gasteiger partial charge on any atom is 0.408 e. The van der Waals surface area contributed by atoms with Crippen molar-refractivity contribution in [3.63, 3.8) is 0 Å². The first kappa shape index (κ1) is 20.2. The topological polar surface area (TPSA) is 64.6 Å². The Labute approximate surface area is 154 Å². The first-order chi connectivity index (χ1) is 12.0. The summed E-state index contributed by atoms with van der Waals surface area (Å²) in [6.07, 6.45) is 0.637. The molecule has 1 aromatic carbocycles. The molecule has 0 unspecified atom stereocenters. The standard InChI is InChI=1S/C20H28FNO4/c1-13(2)17(22-18(24)26-19(3,4)5)20(11-10-16(23)25-20)12-14-6-8-15(21)9-7-14/h6-9,13,17H,10-12H2,1-5H3,(H,22,24)/t17-,20-/m0/s1. The molecule has 144 valence electrons. The minimum atomic E-state index is -0.875. The van der Waals surface area contributed by atoms with E-state index in [0.29, 0.717) is 19.3 Å². The molecule has 1 N–H and O–H groups in total. The number of hydrogen-bond donors (Lipinski definition) is 1. The summed E-state index contributed by atoms with van der Waals surface area (Å²) in [6.45, 7) is 9.30. The number of alkyl carbamates (subject to hydrolysis) is 1. The van der Waals surface area contributed by atoms with Crippen molar-refractivity contribution in [2.24, 2.45) is 5.92 Å². The smallest absolute Gasteiger partial charge is 0.408 e. The lowest BCUT2D eigenvalue weighted by Crippen LogP contribution is -2.57. The van der Waals surface area contributed by atoms with E-state index in [-0.39, 0.29) is 17.7 Å². The first-order valence-corrected chi connectivity index (χ1v) is 8.96. The van der Waals surface area contributed by atoms with E-state index < -0.39 is 23.3 Å². The Morgan fingerprint density at radius 1 is 1.31 bits per heavy atom. The van der Waals surface area contributed by atoms with Crippen LogP contribution in [0.1, 0.15) is 53.0 Å². The summed E-state index contributed by atoms with van der Waals surface area (Å²) in [7, 11) is 0. The third-order valence-electron chi connectivity index (χ3n) is 4.39. The summed E-state index contributed by atoms with van der Waals surface area (Å²) >= 11 is 0. The van der Waals surface area contributed by atoms with Gasteiger partial charge in [0.25, 0.3) is 0 Å². The van der Waals surface area contributed by atoms with Crippen LogP contribution in [0.25, 0.3) is 0 Å². The number of hydrogen-bond acceptors (Lipinski definition) is 4. The van der Waals surface area contributed by atoms with E-state index in [4.69, 9.17) is 9.47 Å². The van der Waals surface area contributed by atoms with Gasteiger partial charge < -0.3 is 14.8 Å². The lowest BCUT2D eigenvalue weighted by Gasteiger charge is -2.39. The number of benzene rings is 1. The molecule has 0 spiro atoms. The lowest BCUT2D eigenvalue weighted by atomic mass is 9.79. The maximum atomic E-state index is 13.2. The number of halogens is 1. The van der Waals surface area contributed by atoms with Crippen molar-refractivity contribution in [1.29, 1.82) is 0 Å². The predicted molar refractivity (Wildman–Crippen MR) is 96.2 cm³/mol. The molecule has 2 rings (SSSR count). The van der Waals surface area contributed by atoms with Gasteiger partial charge in [-0.3, -0.25) is 4.79 Å². The molecule has 0 saturated carbocycles. The number of rotatable bonds is 5. The summed E-state index contributed by atoms with van der Waals surface area (Å²) in [5, 5.41) is 2.90. The minimum absolute atomic E-state index is 0.00821. The SMILES string of the molecule is CC(C)[C@H](NC(=O)OC(C)(C)C)[C@@]1(Cc2ccc(F)cc2)CCC(=O)O1. The number of ether oxygens (including phenoxy) is 2. The van der Waals surface area contributed by atoms with Gasteiger partial charge in [-0.2, -0.15) is 0 Å². The fraction of sp³-hybridized carbons (Fsp3) is 0.600. The Hall–Kier alpha value is -2.11. The second-order valence-electron chi connectivity index (χ2n) is 8.21. The third-order valence-corrected chi connectivity index (χ3v) is 4.39. The quantitative estimate of drug-likeness (QED) is 0.801. The van der Waals surface area contributed by atoms with Crippen molar-refractivity contribution >= 4 is 12.1 Å². The van der Waals surface area contributed by atoms with Crippen molar-refractivity contribution in [1.82, 2.24) is 5.32 Å². The van der Waals surface area contributed by atoms with Crippen LogP contribution in [0.3, 0.4) is 0 Å². The average molecular weight is 365 g/mol. The molecule has 0 aliphatic carbocycles. The molecule has 0 radical (unpaired) electrons. The molecular weight excluding hydrogens is 337 g/mol. The monoisotopic (exact) mass is 365 g/mol. The zero-order valence-corrected chi connectivity index (χ0v) is 16.1. The van der Waals surface area contributed by atoms with Crippen LogP contribution in [0, 0.1) is 11.7 Å². The first-order valence-electron chi connectivity index (χ1n) is 8.96. The Morgan fingerprint density at radius 2 is 1.92 bits per heavy atom. The molecule has 26 heavy (non-hydrogen) atoms. The molecule has 1 heterocycles. The number of carbonyl (C=O) groups excluding carboxylic acids is 2. The van der Waals surface area contributed by atoms with E-state index in [9.17, 15) is 14.0 Å². The van der Waals surface area contributed by atoms with Gasteiger partial charge in [0, 0.05) is 19.3 Å². The van der Waals surface area contributed by atoms with Gasteiger partial charge in [-0.15, -0.1) is 0 Å². The zero-order valence-electron chi connectivity index (χ0n) is 16.1. The number of esters is 1. The average Bonchev–Trinajstić information content (AvgIpc) is 2.87. The Kier molecular flexibility index (Phi) is 5.94. The van der Waals surface area contributed by atoms with Crippen LogP contribution in [0.2, 0.25) is 0 Å². The van der Waals surface area contributed by atoms with Crippen LogP contribution in [0.4, 0.5) is 9.18 Å². The molecule has 1 aliphatic rings. The van der Waals surface area contributed by atoms with Gasteiger partial charge >= 0.3 is 12.1 Å². The predicted octanol–water partition coefficient (Wildman–Crippen LogP) is 3.99. The summed E-state index contributed by atoms with van der Waals surface area (Å²) < 4.78 is 24.3. The second kappa shape index (κ2) is 7.64. The minimum Gasteiger partial charge on any atom is -0.456 e. The molecule has 1 fully saturated rings.